The van der Waals surface area contributed by atoms with Gasteiger partial charge in [0.05, 0.1) is 22.8 Å². The van der Waals surface area contributed by atoms with Crippen LogP contribution in [0.15, 0.2) is 54.6 Å². The molecule has 0 amide bonds. The average Bonchev–Trinajstić information content (AvgIpc) is 2.84. The average molecular weight is 258 g/mol. The minimum absolute atomic E-state index is 0.897. The second kappa shape index (κ2) is 4.27. The standard InChI is InChI=1S/C18H14N2/c1-12-17(13-7-3-2-4-8-13)20-18-15-10-6-5-9-14(15)11-16(18)19-12/h2-10H,11H2,1H3. The van der Waals surface area contributed by atoms with Crippen LogP contribution in [0.3, 0.4) is 0 Å². The Bertz CT molecular complexity index is 791. The van der Waals surface area contributed by atoms with Crippen LogP contribution in [-0.2, 0) is 6.42 Å². The lowest BCUT2D eigenvalue weighted by molar-refractivity contribution is 1.04. The summed E-state index contributed by atoms with van der Waals surface area (Å²) >= 11 is 0. The normalized spacial score (nSPS) is 12.1. The molecule has 2 nitrogen and oxygen atoms in total. The van der Waals surface area contributed by atoms with Crippen molar-refractivity contribution >= 4 is 0 Å². The molecule has 96 valence electrons. The van der Waals surface area contributed by atoms with Crippen LogP contribution in [0.25, 0.3) is 22.5 Å². The summed E-state index contributed by atoms with van der Waals surface area (Å²) in [5.74, 6) is 0. The molecule has 0 unspecified atom stereocenters. The molecule has 1 aliphatic rings. The van der Waals surface area contributed by atoms with E-state index in [1.807, 2.05) is 25.1 Å². The molecule has 0 N–H and O–H groups in total. The van der Waals surface area contributed by atoms with Crippen molar-refractivity contribution in [2.75, 3.05) is 0 Å². The Morgan fingerprint density at radius 1 is 0.800 bits per heavy atom. The summed E-state index contributed by atoms with van der Waals surface area (Å²) in [5, 5.41) is 0. The maximum absolute atomic E-state index is 4.90. The maximum atomic E-state index is 4.90. The van der Waals surface area contributed by atoms with Gasteiger partial charge in [-0.05, 0) is 12.5 Å². The predicted octanol–water partition coefficient (Wildman–Crippen LogP) is 4.02. The van der Waals surface area contributed by atoms with Gasteiger partial charge in [0.25, 0.3) is 0 Å². The lowest BCUT2D eigenvalue weighted by atomic mass is 10.1. The highest BCUT2D eigenvalue weighted by molar-refractivity contribution is 5.75. The first kappa shape index (κ1) is 11.4. The first-order chi connectivity index (χ1) is 9.83. The van der Waals surface area contributed by atoms with Crippen molar-refractivity contribution in [3.63, 3.8) is 0 Å². The quantitative estimate of drug-likeness (QED) is 0.515. The number of aromatic nitrogens is 2. The molecule has 4 rings (SSSR count). The smallest absolute Gasteiger partial charge is 0.0931 e. The largest absolute Gasteiger partial charge is 0.253 e. The number of hydrogen-bond donors (Lipinski definition) is 0. The molecular formula is C18H14N2. The summed E-state index contributed by atoms with van der Waals surface area (Å²) in [7, 11) is 0. The van der Waals surface area contributed by atoms with Crippen molar-refractivity contribution in [3.8, 4) is 22.5 Å². The molecular weight excluding hydrogens is 244 g/mol. The highest BCUT2D eigenvalue weighted by Crippen LogP contribution is 2.35. The highest BCUT2D eigenvalue weighted by Gasteiger charge is 2.22. The fourth-order valence-electron chi connectivity index (χ4n) is 2.86. The van der Waals surface area contributed by atoms with E-state index in [-0.39, 0.29) is 0 Å². The lowest BCUT2D eigenvalue weighted by Crippen LogP contribution is -1.98. The summed E-state index contributed by atoms with van der Waals surface area (Å²) in [6, 6.07) is 18.7. The molecule has 2 aromatic carbocycles. The van der Waals surface area contributed by atoms with Crippen molar-refractivity contribution in [3.05, 3.63) is 71.5 Å². The van der Waals surface area contributed by atoms with E-state index in [1.165, 1.54) is 11.1 Å². The Labute approximate surface area is 118 Å². The summed E-state index contributed by atoms with van der Waals surface area (Å²) in [5.41, 5.74) is 7.82. The van der Waals surface area contributed by atoms with E-state index in [1.54, 1.807) is 0 Å². The molecule has 1 heterocycles. The van der Waals surface area contributed by atoms with Gasteiger partial charge in [0.1, 0.15) is 0 Å². The monoisotopic (exact) mass is 258 g/mol. The van der Waals surface area contributed by atoms with Crippen molar-refractivity contribution in [1.29, 1.82) is 0 Å². The third kappa shape index (κ3) is 1.65. The predicted molar refractivity (Wildman–Crippen MR) is 80.4 cm³/mol. The second-order valence-electron chi connectivity index (χ2n) is 5.15. The summed E-state index contributed by atoms with van der Waals surface area (Å²) in [6.07, 6.45) is 0.897. The van der Waals surface area contributed by atoms with Crippen LogP contribution in [0.4, 0.5) is 0 Å². The third-order valence-corrected chi connectivity index (χ3v) is 3.82. The summed E-state index contributed by atoms with van der Waals surface area (Å²) < 4.78 is 0. The van der Waals surface area contributed by atoms with Gasteiger partial charge in [0, 0.05) is 17.5 Å². The van der Waals surface area contributed by atoms with Crippen molar-refractivity contribution < 1.29 is 0 Å². The number of rotatable bonds is 1. The van der Waals surface area contributed by atoms with Crippen LogP contribution in [0.1, 0.15) is 17.0 Å². The number of hydrogen-bond acceptors (Lipinski definition) is 2. The zero-order valence-electron chi connectivity index (χ0n) is 11.3. The Balaban J connectivity index is 1.94. The van der Waals surface area contributed by atoms with Gasteiger partial charge in [-0.3, -0.25) is 4.98 Å². The number of nitrogens with zero attached hydrogens (tertiary/aromatic N) is 2. The van der Waals surface area contributed by atoms with Crippen molar-refractivity contribution in [2.24, 2.45) is 0 Å². The minimum atomic E-state index is 0.897. The van der Waals surface area contributed by atoms with Crippen LogP contribution >= 0.6 is 0 Å². The third-order valence-electron chi connectivity index (χ3n) is 3.82. The molecule has 0 fully saturated rings. The minimum Gasteiger partial charge on any atom is -0.253 e. The Hall–Kier alpha value is -2.48. The van der Waals surface area contributed by atoms with Gasteiger partial charge in [-0.1, -0.05) is 54.6 Å². The highest BCUT2D eigenvalue weighted by atomic mass is 14.9. The van der Waals surface area contributed by atoms with E-state index in [4.69, 9.17) is 9.97 Å². The van der Waals surface area contributed by atoms with Crippen molar-refractivity contribution in [1.82, 2.24) is 9.97 Å². The van der Waals surface area contributed by atoms with Gasteiger partial charge in [-0.2, -0.15) is 0 Å². The molecule has 0 saturated carbocycles. The van der Waals surface area contributed by atoms with Crippen LogP contribution in [0.2, 0.25) is 0 Å². The van der Waals surface area contributed by atoms with Crippen LogP contribution in [0.5, 0.6) is 0 Å². The number of fused-ring (bicyclic) bond motifs is 3. The van der Waals surface area contributed by atoms with E-state index in [2.05, 4.69) is 36.4 Å². The van der Waals surface area contributed by atoms with E-state index in [0.29, 0.717) is 0 Å². The molecule has 1 aromatic heterocycles. The topological polar surface area (TPSA) is 25.8 Å². The molecule has 0 spiro atoms. The Kier molecular flexibility index (Phi) is 2.43. The van der Waals surface area contributed by atoms with Crippen LogP contribution < -0.4 is 0 Å². The number of benzene rings is 2. The maximum Gasteiger partial charge on any atom is 0.0931 e. The van der Waals surface area contributed by atoms with Gasteiger partial charge in [-0.15, -0.1) is 0 Å². The van der Waals surface area contributed by atoms with Gasteiger partial charge in [0.15, 0.2) is 0 Å². The molecule has 0 atom stereocenters. The SMILES string of the molecule is Cc1nc2c(nc1-c1ccccc1)-c1ccccc1C2. The fourth-order valence-corrected chi connectivity index (χ4v) is 2.86. The summed E-state index contributed by atoms with van der Waals surface area (Å²) in [6.45, 7) is 2.04. The van der Waals surface area contributed by atoms with Gasteiger partial charge in [-0.25, -0.2) is 4.98 Å². The van der Waals surface area contributed by atoms with E-state index in [0.717, 1.165) is 34.8 Å². The molecule has 0 radical (unpaired) electrons. The molecule has 2 heteroatoms. The van der Waals surface area contributed by atoms with Gasteiger partial charge >= 0.3 is 0 Å². The van der Waals surface area contributed by atoms with E-state index in [9.17, 15) is 0 Å². The number of aryl methyl sites for hydroxylation is 1. The van der Waals surface area contributed by atoms with Gasteiger partial charge < -0.3 is 0 Å². The van der Waals surface area contributed by atoms with Gasteiger partial charge in [0.2, 0.25) is 0 Å². The fraction of sp³-hybridized carbons (Fsp3) is 0.111. The first-order valence-corrected chi connectivity index (χ1v) is 6.84. The molecule has 3 aromatic rings. The van der Waals surface area contributed by atoms with E-state index < -0.39 is 0 Å². The Morgan fingerprint density at radius 2 is 1.55 bits per heavy atom. The second-order valence-corrected chi connectivity index (χ2v) is 5.15. The van der Waals surface area contributed by atoms with E-state index >= 15 is 0 Å². The molecule has 0 saturated heterocycles. The van der Waals surface area contributed by atoms with Crippen LogP contribution in [-0.4, -0.2) is 9.97 Å². The zero-order valence-corrected chi connectivity index (χ0v) is 11.3. The molecule has 0 aliphatic heterocycles. The van der Waals surface area contributed by atoms with Crippen molar-refractivity contribution in [2.45, 2.75) is 13.3 Å². The Morgan fingerprint density at radius 3 is 2.40 bits per heavy atom. The lowest BCUT2D eigenvalue weighted by Gasteiger charge is -2.08. The molecule has 1 aliphatic carbocycles. The zero-order chi connectivity index (χ0) is 13.5. The molecule has 20 heavy (non-hydrogen) atoms. The summed E-state index contributed by atoms with van der Waals surface area (Å²) in [4.78, 5) is 9.68. The first-order valence-electron chi connectivity index (χ1n) is 6.84. The van der Waals surface area contributed by atoms with Crippen LogP contribution in [0, 0.1) is 6.92 Å². The molecule has 0 bridgehead atoms.